The Morgan fingerprint density at radius 3 is 2.48 bits per heavy atom. The van der Waals surface area contributed by atoms with Crippen LogP contribution in [0.5, 0.6) is 5.75 Å². The minimum Gasteiger partial charge on any atom is -0.486 e. The lowest BCUT2D eigenvalue weighted by molar-refractivity contribution is -0.387. The highest BCUT2D eigenvalue weighted by atomic mass is 19.1. The van der Waals surface area contributed by atoms with Gasteiger partial charge in [0.15, 0.2) is 11.6 Å². The second-order valence-corrected chi connectivity index (χ2v) is 4.14. The molecular weight excluding hydrogens is 284 g/mol. The van der Waals surface area contributed by atoms with Crippen LogP contribution in [0.4, 0.5) is 14.5 Å². The monoisotopic (exact) mass is 293 g/mol. The van der Waals surface area contributed by atoms with Gasteiger partial charge < -0.3 is 4.74 Å². The van der Waals surface area contributed by atoms with Gasteiger partial charge >= 0.3 is 5.69 Å². The van der Waals surface area contributed by atoms with Gasteiger partial charge in [0, 0.05) is 11.6 Å². The van der Waals surface area contributed by atoms with E-state index < -0.39 is 22.2 Å². The SMILES string of the molecule is O=Cc1ccc(OCc2ccc([N+](=O)[O-])c(F)c2)c(F)c1. The molecule has 0 aliphatic carbocycles. The zero-order valence-electron chi connectivity index (χ0n) is 10.6. The number of carbonyl (C=O) groups excluding carboxylic acids is 1. The highest BCUT2D eigenvalue weighted by Crippen LogP contribution is 2.21. The van der Waals surface area contributed by atoms with Crippen molar-refractivity contribution in [2.24, 2.45) is 0 Å². The Hall–Kier alpha value is -2.83. The number of halogens is 2. The van der Waals surface area contributed by atoms with E-state index in [1.54, 1.807) is 0 Å². The van der Waals surface area contributed by atoms with Crippen molar-refractivity contribution in [1.82, 2.24) is 0 Å². The van der Waals surface area contributed by atoms with Crippen LogP contribution in [0.25, 0.3) is 0 Å². The van der Waals surface area contributed by atoms with Crippen molar-refractivity contribution >= 4 is 12.0 Å². The maximum atomic E-state index is 13.5. The van der Waals surface area contributed by atoms with E-state index in [1.807, 2.05) is 0 Å². The van der Waals surface area contributed by atoms with Crippen LogP contribution < -0.4 is 4.74 Å². The van der Waals surface area contributed by atoms with Crippen molar-refractivity contribution in [3.63, 3.8) is 0 Å². The third kappa shape index (κ3) is 3.38. The molecule has 0 fully saturated rings. The van der Waals surface area contributed by atoms with Gasteiger partial charge in [-0.15, -0.1) is 0 Å². The predicted octanol–water partition coefficient (Wildman–Crippen LogP) is 3.26. The zero-order valence-corrected chi connectivity index (χ0v) is 10.6. The Morgan fingerprint density at radius 1 is 1.14 bits per heavy atom. The summed E-state index contributed by atoms with van der Waals surface area (Å²) in [6.07, 6.45) is 0.499. The van der Waals surface area contributed by atoms with E-state index in [4.69, 9.17) is 4.74 Å². The van der Waals surface area contributed by atoms with E-state index in [9.17, 15) is 23.7 Å². The Balaban J connectivity index is 2.11. The molecule has 7 heteroatoms. The summed E-state index contributed by atoms with van der Waals surface area (Å²) in [7, 11) is 0. The van der Waals surface area contributed by atoms with Crippen molar-refractivity contribution in [1.29, 1.82) is 0 Å². The van der Waals surface area contributed by atoms with Crippen LogP contribution in [0, 0.1) is 21.7 Å². The highest BCUT2D eigenvalue weighted by molar-refractivity contribution is 5.74. The molecule has 21 heavy (non-hydrogen) atoms. The highest BCUT2D eigenvalue weighted by Gasteiger charge is 2.14. The summed E-state index contributed by atoms with van der Waals surface area (Å²) in [5.74, 6) is -1.81. The van der Waals surface area contributed by atoms with Gasteiger partial charge in [-0.25, -0.2) is 4.39 Å². The molecule has 0 aliphatic rings. The predicted molar refractivity (Wildman–Crippen MR) is 69.2 cm³/mol. The first-order valence-electron chi connectivity index (χ1n) is 5.81. The number of hydrogen-bond acceptors (Lipinski definition) is 4. The lowest BCUT2D eigenvalue weighted by Crippen LogP contribution is -2.00. The second-order valence-electron chi connectivity index (χ2n) is 4.14. The Morgan fingerprint density at radius 2 is 1.90 bits per heavy atom. The summed E-state index contributed by atoms with van der Waals surface area (Å²) in [6.45, 7) is -0.160. The van der Waals surface area contributed by atoms with Crippen LogP contribution in [-0.2, 0) is 6.61 Å². The number of carbonyl (C=O) groups is 1. The van der Waals surface area contributed by atoms with E-state index in [0.717, 1.165) is 18.2 Å². The van der Waals surface area contributed by atoms with E-state index >= 15 is 0 Å². The topological polar surface area (TPSA) is 69.4 Å². The summed E-state index contributed by atoms with van der Waals surface area (Å²) in [5.41, 5.74) is -0.154. The average molecular weight is 293 g/mol. The molecule has 0 atom stereocenters. The molecule has 0 aliphatic heterocycles. The molecule has 0 bridgehead atoms. The third-order valence-corrected chi connectivity index (χ3v) is 2.70. The Bertz CT molecular complexity index is 703. The molecule has 0 heterocycles. The summed E-state index contributed by atoms with van der Waals surface area (Å²) in [6, 6.07) is 6.95. The smallest absolute Gasteiger partial charge is 0.304 e. The van der Waals surface area contributed by atoms with Gasteiger partial charge in [-0.3, -0.25) is 14.9 Å². The third-order valence-electron chi connectivity index (χ3n) is 2.70. The van der Waals surface area contributed by atoms with Crippen LogP contribution >= 0.6 is 0 Å². The van der Waals surface area contributed by atoms with Crippen molar-refractivity contribution < 1.29 is 23.2 Å². The maximum Gasteiger partial charge on any atom is 0.304 e. The summed E-state index contributed by atoms with van der Waals surface area (Å²) in [4.78, 5) is 20.1. The summed E-state index contributed by atoms with van der Waals surface area (Å²) < 4.78 is 32.1. The van der Waals surface area contributed by atoms with Crippen molar-refractivity contribution in [3.8, 4) is 5.75 Å². The largest absolute Gasteiger partial charge is 0.486 e. The van der Waals surface area contributed by atoms with Crippen molar-refractivity contribution in [3.05, 3.63) is 69.3 Å². The molecule has 2 aromatic rings. The van der Waals surface area contributed by atoms with E-state index in [0.29, 0.717) is 11.8 Å². The molecule has 108 valence electrons. The molecule has 5 nitrogen and oxygen atoms in total. The van der Waals surface area contributed by atoms with Crippen LogP contribution in [-0.4, -0.2) is 11.2 Å². The number of hydrogen-bond donors (Lipinski definition) is 0. The van der Waals surface area contributed by atoms with Gasteiger partial charge in [-0.2, -0.15) is 4.39 Å². The fraction of sp³-hybridized carbons (Fsp3) is 0.0714. The Kier molecular flexibility index (Phi) is 4.22. The van der Waals surface area contributed by atoms with Crippen LogP contribution in [0.15, 0.2) is 36.4 Å². The van der Waals surface area contributed by atoms with Crippen molar-refractivity contribution in [2.75, 3.05) is 0 Å². The van der Waals surface area contributed by atoms with Gasteiger partial charge in [0.25, 0.3) is 0 Å². The molecule has 2 rings (SSSR count). The van der Waals surface area contributed by atoms with Gasteiger partial charge in [0.05, 0.1) is 4.92 Å². The quantitative estimate of drug-likeness (QED) is 0.482. The average Bonchev–Trinajstić information content (AvgIpc) is 2.45. The normalized spacial score (nSPS) is 10.2. The van der Waals surface area contributed by atoms with Crippen LogP contribution in [0.3, 0.4) is 0 Å². The molecule has 0 unspecified atom stereocenters. The fourth-order valence-corrected chi connectivity index (χ4v) is 1.66. The molecule has 0 amide bonds. The van der Waals surface area contributed by atoms with Gasteiger partial charge in [-0.1, -0.05) is 0 Å². The molecule has 0 radical (unpaired) electrons. The number of benzene rings is 2. The van der Waals surface area contributed by atoms with E-state index in [-0.39, 0.29) is 17.9 Å². The fourth-order valence-electron chi connectivity index (χ4n) is 1.66. The number of nitrogens with zero attached hydrogens (tertiary/aromatic N) is 1. The number of nitro benzene ring substituents is 1. The van der Waals surface area contributed by atoms with Gasteiger partial charge in [0.2, 0.25) is 5.82 Å². The first-order valence-corrected chi connectivity index (χ1v) is 5.81. The maximum absolute atomic E-state index is 13.5. The molecule has 0 aromatic heterocycles. The minimum atomic E-state index is -0.988. The summed E-state index contributed by atoms with van der Waals surface area (Å²) in [5, 5.41) is 10.5. The molecule has 0 N–H and O–H groups in total. The van der Waals surface area contributed by atoms with Gasteiger partial charge in [0.1, 0.15) is 12.9 Å². The molecular formula is C14H9F2NO4. The number of rotatable bonds is 5. The molecule has 0 spiro atoms. The number of ether oxygens (including phenoxy) is 1. The second kappa shape index (κ2) is 6.08. The van der Waals surface area contributed by atoms with Gasteiger partial charge in [-0.05, 0) is 35.9 Å². The summed E-state index contributed by atoms with van der Waals surface area (Å²) >= 11 is 0. The first kappa shape index (κ1) is 14.6. The lowest BCUT2D eigenvalue weighted by atomic mass is 10.2. The molecule has 0 saturated heterocycles. The molecule has 2 aromatic carbocycles. The zero-order chi connectivity index (χ0) is 15.4. The number of aldehydes is 1. The van der Waals surface area contributed by atoms with Crippen molar-refractivity contribution in [2.45, 2.75) is 6.61 Å². The minimum absolute atomic E-state index is 0.0978. The first-order chi connectivity index (χ1) is 10.0. The lowest BCUT2D eigenvalue weighted by Gasteiger charge is -2.07. The van der Waals surface area contributed by atoms with Crippen LogP contribution in [0.1, 0.15) is 15.9 Å². The van der Waals surface area contributed by atoms with E-state index in [2.05, 4.69) is 0 Å². The van der Waals surface area contributed by atoms with E-state index in [1.165, 1.54) is 18.2 Å². The standard InChI is InChI=1S/C14H9F2NO4/c15-11-6-10(1-3-13(11)17(19)20)8-21-14-4-2-9(7-18)5-12(14)16/h1-7H,8H2. The Labute approximate surface area is 117 Å². The van der Waals surface area contributed by atoms with Crippen LogP contribution in [0.2, 0.25) is 0 Å². The molecule has 0 saturated carbocycles. The number of nitro groups is 1.